The van der Waals surface area contributed by atoms with Gasteiger partial charge in [0.25, 0.3) is 12.0 Å². The van der Waals surface area contributed by atoms with Gasteiger partial charge in [-0.15, -0.1) is 0 Å². The Morgan fingerprint density at radius 2 is 1.70 bits per heavy atom. The number of nitrogens with one attached hydrogen (secondary N) is 1. The summed E-state index contributed by atoms with van der Waals surface area (Å²) in [5, 5.41) is 5.88. The summed E-state index contributed by atoms with van der Waals surface area (Å²) in [6.07, 6.45) is -23.8. The summed E-state index contributed by atoms with van der Waals surface area (Å²) in [5.74, 6) is -2.07. The van der Waals surface area contributed by atoms with Crippen LogP contribution in [-0.2, 0) is 10.9 Å². The number of carbonyl (C=O) groups is 2. The molecule has 4 rings (SSSR count). The van der Waals surface area contributed by atoms with Gasteiger partial charge in [0.2, 0.25) is 5.88 Å². The first-order valence-corrected chi connectivity index (χ1v) is 11.6. The Labute approximate surface area is 232 Å². The highest BCUT2D eigenvalue weighted by Crippen LogP contribution is 2.39. The van der Waals surface area contributed by atoms with Crippen molar-refractivity contribution in [3.8, 4) is 17.1 Å². The minimum atomic E-state index is -6.01. The molecular formula is C22H17F10N7O4. The number of nitrogens with two attached hydrogens (primary N) is 1. The molecule has 0 radical (unpaired) electrons. The van der Waals surface area contributed by atoms with Gasteiger partial charge in [-0.25, -0.2) is 23.7 Å². The van der Waals surface area contributed by atoms with Crippen molar-refractivity contribution in [1.29, 1.82) is 0 Å². The molecule has 0 spiro atoms. The molecule has 1 saturated heterocycles. The summed E-state index contributed by atoms with van der Waals surface area (Å²) in [6, 6.07) is 0.0215. The second-order valence-corrected chi connectivity index (χ2v) is 8.98. The number of alkyl halides is 10. The molecule has 21 heteroatoms. The van der Waals surface area contributed by atoms with Gasteiger partial charge in [0.15, 0.2) is 5.82 Å². The number of halogens is 10. The van der Waals surface area contributed by atoms with Crippen LogP contribution in [0.2, 0.25) is 0 Å². The van der Waals surface area contributed by atoms with E-state index in [2.05, 4.69) is 25.1 Å². The average Bonchev–Trinajstić information content (AvgIpc) is 3.47. The van der Waals surface area contributed by atoms with Gasteiger partial charge in [-0.05, 0) is 12.1 Å². The summed E-state index contributed by atoms with van der Waals surface area (Å²) >= 11 is 0. The maximum atomic E-state index is 14.6. The number of likely N-dealkylation sites (tertiary alicyclic amines) is 1. The zero-order valence-corrected chi connectivity index (χ0v) is 21.2. The highest BCUT2D eigenvalue weighted by Gasteiger charge is 2.60. The summed E-state index contributed by atoms with van der Waals surface area (Å²) in [6.45, 7) is -1.92. The monoisotopic (exact) mass is 633 g/mol. The summed E-state index contributed by atoms with van der Waals surface area (Å²) in [7, 11) is 1.07. The average molecular weight is 633 g/mol. The standard InChI is InChI=1S/C22H17F10N7O4/c1-42-17-9(2-8(4-34-17)13-3-10(20(24,25)26)14-15(33)35-7-36-39(13)14)16(40)37-12-6-38(5-11(12)23)19(41)43-18(21(27,28)29)22(30,31)32/h2-4,7,11-12,18H,5-6H2,1H3,(H,37,40)(H2,33,35,36)/t11-,12+/m0/s1. The van der Waals surface area contributed by atoms with E-state index in [0.29, 0.717) is 6.07 Å². The van der Waals surface area contributed by atoms with Gasteiger partial charge in [-0.2, -0.15) is 44.6 Å². The van der Waals surface area contributed by atoms with Crippen molar-refractivity contribution in [2.75, 3.05) is 25.9 Å². The Morgan fingerprint density at radius 3 is 2.28 bits per heavy atom. The van der Waals surface area contributed by atoms with Gasteiger partial charge in [-0.3, -0.25) is 4.79 Å². The Morgan fingerprint density at radius 1 is 1.05 bits per heavy atom. The molecule has 0 bridgehead atoms. The number of nitrogens with zero attached hydrogens (tertiary/aromatic N) is 5. The zero-order chi connectivity index (χ0) is 32.1. The van der Waals surface area contributed by atoms with Crippen molar-refractivity contribution in [1.82, 2.24) is 29.8 Å². The van der Waals surface area contributed by atoms with Crippen molar-refractivity contribution in [2.24, 2.45) is 0 Å². The fraction of sp³-hybridized carbons (Fsp3) is 0.409. The van der Waals surface area contributed by atoms with Crippen LogP contribution in [0.5, 0.6) is 5.88 Å². The van der Waals surface area contributed by atoms with Crippen molar-refractivity contribution < 1.29 is 63.0 Å². The number of aromatic nitrogens is 4. The molecule has 0 unspecified atom stereocenters. The largest absolute Gasteiger partial charge is 0.480 e. The fourth-order valence-electron chi connectivity index (χ4n) is 4.20. The van der Waals surface area contributed by atoms with Crippen molar-refractivity contribution in [3.05, 3.63) is 35.8 Å². The first-order chi connectivity index (χ1) is 19.8. The molecule has 0 aliphatic carbocycles. The number of amides is 2. The molecule has 43 heavy (non-hydrogen) atoms. The molecule has 0 saturated carbocycles. The summed E-state index contributed by atoms with van der Waals surface area (Å²) in [5.41, 5.74) is 2.97. The van der Waals surface area contributed by atoms with Crippen LogP contribution in [0.3, 0.4) is 0 Å². The maximum absolute atomic E-state index is 14.6. The number of nitrogen functional groups attached to an aromatic ring is 1. The highest BCUT2D eigenvalue weighted by atomic mass is 19.4. The topological polar surface area (TPSA) is 137 Å². The maximum Gasteiger partial charge on any atom is 0.434 e. The fourth-order valence-corrected chi connectivity index (χ4v) is 4.20. The van der Waals surface area contributed by atoms with E-state index in [1.807, 2.05) is 0 Å². The second-order valence-electron chi connectivity index (χ2n) is 8.98. The number of fused-ring (bicyclic) bond motifs is 1. The Bertz CT molecular complexity index is 1530. The molecule has 1 aliphatic heterocycles. The first kappa shape index (κ1) is 31.3. The lowest BCUT2D eigenvalue weighted by Crippen LogP contribution is -2.48. The van der Waals surface area contributed by atoms with Gasteiger partial charge in [0.1, 0.15) is 23.6 Å². The normalized spacial score (nSPS) is 17.9. The van der Waals surface area contributed by atoms with Crippen LogP contribution in [0.25, 0.3) is 16.8 Å². The third-order valence-electron chi connectivity index (χ3n) is 6.11. The first-order valence-electron chi connectivity index (χ1n) is 11.6. The molecule has 1 fully saturated rings. The van der Waals surface area contributed by atoms with E-state index in [1.54, 1.807) is 0 Å². The molecule has 2 atom stereocenters. The van der Waals surface area contributed by atoms with E-state index in [0.717, 1.165) is 30.2 Å². The van der Waals surface area contributed by atoms with Crippen LogP contribution in [0.15, 0.2) is 24.7 Å². The predicted octanol–water partition coefficient (Wildman–Crippen LogP) is 3.78. The number of hydrogen-bond donors (Lipinski definition) is 2. The minimum absolute atomic E-state index is 0.131. The van der Waals surface area contributed by atoms with Gasteiger partial charge >= 0.3 is 24.6 Å². The summed E-state index contributed by atoms with van der Waals surface area (Å²) < 4.78 is 141. The smallest absolute Gasteiger partial charge is 0.434 e. The number of pyridine rings is 1. The predicted molar refractivity (Wildman–Crippen MR) is 122 cm³/mol. The molecule has 11 nitrogen and oxygen atoms in total. The van der Waals surface area contributed by atoms with Gasteiger partial charge in [0, 0.05) is 18.3 Å². The molecular weight excluding hydrogens is 616 g/mol. The van der Waals surface area contributed by atoms with Crippen molar-refractivity contribution in [2.45, 2.75) is 36.8 Å². The van der Waals surface area contributed by atoms with Crippen LogP contribution >= 0.6 is 0 Å². The molecule has 3 N–H and O–H groups in total. The number of rotatable bonds is 5. The quantitative estimate of drug-likeness (QED) is 0.406. The number of hydrogen-bond acceptors (Lipinski definition) is 8. The van der Waals surface area contributed by atoms with Gasteiger partial charge in [-0.1, -0.05) is 0 Å². The Kier molecular flexibility index (Phi) is 7.96. The van der Waals surface area contributed by atoms with Crippen LogP contribution < -0.4 is 15.8 Å². The van der Waals surface area contributed by atoms with E-state index in [-0.39, 0.29) is 16.2 Å². The van der Waals surface area contributed by atoms with E-state index >= 15 is 0 Å². The van der Waals surface area contributed by atoms with Crippen molar-refractivity contribution in [3.63, 3.8) is 0 Å². The highest BCUT2D eigenvalue weighted by molar-refractivity contribution is 5.98. The van der Waals surface area contributed by atoms with Crippen LogP contribution in [-0.4, -0.2) is 87.4 Å². The number of methoxy groups -OCH3 is 1. The van der Waals surface area contributed by atoms with Crippen LogP contribution in [0.1, 0.15) is 15.9 Å². The van der Waals surface area contributed by atoms with Crippen molar-refractivity contribution >= 4 is 23.3 Å². The molecule has 0 aromatic carbocycles. The number of carbonyl (C=O) groups excluding carboxylic acids is 2. The summed E-state index contributed by atoms with van der Waals surface area (Å²) in [4.78, 5) is 32.7. The zero-order valence-electron chi connectivity index (χ0n) is 21.2. The van der Waals surface area contributed by atoms with Crippen LogP contribution in [0.4, 0.5) is 54.5 Å². The lowest BCUT2D eigenvalue weighted by atomic mass is 10.1. The van der Waals surface area contributed by atoms with E-state index in [4.69, 9.17) is 10.5 Å². The molecule has 2 amide bonds. The van der Waals surface area contributed by atoms with Crippen LogP contribution in [0, 0.1) is 0 Å². The molecule has 234 valence electrons. The van der Waals surface area contributed by atoms with E-state index in [9.17, 15) is 53.5 Å². The van der Waals surface area contributed by atoms with E-state index in [1.165, 1.54) is 0 Å². The number of anilines is 1. The second kappa shape index (κ2) is 10.9. The SMILES string of the molecule is COc1ncc(-c2cc(C(F)(F)F)c3c(N)ncnn23)cc1C(=O)N[C@@H]1CN(C(=O)OC(C(F)(F)F)C(F)(F)F)C[C@@H]1F. The molecule has 4 heterocycles. The lowest BCUT2D eigenvalue weighted by Gasteiger charge is -2.25. The Balaban J connectivity index is 1.59. The van der Waals surface area contributed by atoms with Gasteiger partial charge in [0.05, 0.1) is 31.0 Å². The van der Waals surface area contributed by atoms with E-state index < -0.39 is 90.3 Å². The minimum Gasteiger partial charge on any atom is -0.480 e. The third-order valence-corrected chi connectivity index (χ3v) is 6.11. The number of ether oxygens (including phenoxy) is 2. The molecule has 3 aromatic heterocycles. The molecule has 1 aliphatic rings. The Hall–Kier alpha value is -4.59. The third kappa shape index (κ3) is 6.28. The molecule has 3 aromatic rings. The lowest BCUT2D eigenvalue weighted by molar-refractivity contribution is -0.308. The van der Waals surface area contributed by atoms with Gasteiger partial charge < -0.3 is 25.4 Å².